The van der Waals surface area contributed by atoms with Crippen molar-refractivity contribution in [3.05, 3.63) is 69.9 Å². The highest BCUT2D eigenvalue weighted by Crippen LogP contribution is 2.28. The highest BCUT2D eigenvalue weighted by molar-refractivity contribution is 6.32. The topological polar surface area (TPSA) is 71.8 Å². The number of allylic oxidation sites excluding steroid dienone is 2. The number of hydrogen-bond donors (Lipinski definition) is 2. The number of amides is 1. The molecule has 0 saturated carbocycles. The van der Waals surface area contributed by atoms with E-state index in [1.807, 2.05) is 48.9 Å². The van der Waals surface area contributed by atoms with Crippen LogP contribution >= 0.6 is 23.2 Å². The summed E-state index contributed by atoms with van der Waals surface area (Å²) in [5.41, 5.74) is 5.76. The van der Waals surface area contributed by atoms with E-state index in [4.69, 9.17) is 23.2 Å². The van der Waals surface area contributed by atoms with E-state index in [0.29, 0.717) is 27.9 Å². The van der Waals surface area contributed by atoms with Crippen LogP contribution in [0.5, 0.6) is 0 Å². The van der Waals surface area contributed by atoms with Crippen LogP contribution < -0.4 is 10.6 Å². The Morgan fingerprint density at radius 2 is 2.00 bits per heavy atom. The molecule has 0 spiro atoms. The monoisotopic (exact) mass is 481 g/mol. The van der Waals surface area contributed by atoms with Gasteiger partial charge in [0.15, 0.2) is 0 Å². The van der Waals surface area contributed by atoms with E-state index in [1.165, 1.54) is 24.0 Å². The zero-order chi connectivity index (χ0) is 23.1. The average Bonchev–Trinajstić information content (AvgIpc) is 3.11. The first-order valence-corrected chi connectivity index (χ1v) is 11.9. The summed E-state index contributed by atoms with van der Waals surface area (Å²) in [4.78, 5) is 22.3. The maximum absolute atomic E-state index is 13.0. The molecule has 2 aromatic heterocycles. The first-order valence-electron chi connectivity index (χ1n) is 11.1. The van der Waals surface area contributed by atoms with Crippen molar-refractivity contribution in [1.82, 2.24) is 14.5 Å². The second-order valence-electron chi connectivity index (χ2n) is 8.59. The first-order chi connectivity index (χ1) is 15.9. The molecule has 2 atom stereocenters. The number of aryl methyl sites for hydroxylation is 3. The lowest BCUT2D eigenvalue weighted by molar-refractivity contribution is 0.102. The van der Waals surface area contributed by atoms with E-state index >= 15 is 0 Å². The van der Waals surface area contributed by atoms with Gasteiger partial charge in [-0.3, -0.25) is 4.79 Å². The third-order valence-corrected chi connectivity index (χ3v) is 7.14. The van der Waals surface area contributed by atoms with Crippen molar-refractivity contribution in [2.45, 2.75) is 44.0 Å². The number of anilines is 2. The second kappa shape index (κ2) is 8.84. The van der Waals surface area contributed by atoms with Crippen LogP contribution in [-0.4, -0.2) is 31.9 Å². The fourth-order valence-corrected chi connectivity index (χ4v) is 5.19. The molecule has 33 heavy (non-hydrogen) atoms. The number of hydrogen-bond acceptors (Lipinski definition) is 4. The van der Waals surface area contributed by atoms with E-state index in [1.54, 1.807) is 12.1 Å². The first kappa shape index (κ1) is 22.0. The van der Waals surface area contributed by atoms with Gasteiger partial charge in [-0.05, 0) is 74.1 Å². The molecule has 0 bridgehead atoms. The molecule has 8 heteroatoms. The predicted octanol–water partition coefficient (Wildman–Crippen LogP) is 5.49. The van der Waals surface area contributed by atoms with Crippen molar-refractivity contribution >= 4 is 51.9 Å². The van der Waals surface area contributed by atoms with Crippen LogP contribution in [0, 0.1) is 6.92 Å². The number of benzene rings is 1. The largest absolute Gasteiger partial charge is 0.346 e. The maximum atomic E-state index is 13.0. The fourth-order valence-electron chi connectivity index (χ4n) is 4.58. The molecule has 2 aliphatic rings. The molecule has 1 amide bonds. The smallest absolute Gasteiger partial charge is 0.256 e. The van der Waals surface area contributed by atoms with Gasteiger partial charge in [-0.2, -0.15) is 0 Å². The van der Waals surface area contributed by atoms with Gasteiger partial charge in [0.05, 0.1) is 22.5 Å². The maximum Gasteiger partial charge on any atom is 0.256 e. The summed E-state index contributed by atoms with van der Waals surface area (Å²) in [6.45, 7) is 2.02. The summed E-state index contributed by atoms with van der Waals surface area (Å²) >= 11 is 12.8. The van der Waals surface area contributed by atoms with E-state index in [9.17, 15) is 4.79 Å². The summed E-state index contributed by atoms with van der Waals surface area (Å²) in [7, 11) is 1.91. The minimum Gasteiger partial charge on any atom is -0.346 e. The molecule has 5 rings (SSSR count). The average molecular weight is 482 g/mol. The molecule has 0 fully saturated rings. The zero-order valence-electron chi connectivity index (χ0n) is 18.5. The van der Waals surface area contributed by atoms with Crippen molar-refractivity contribution < 1.29 is 4.79 Å². The van der Waals surface area contributed by atoms with Gasteiger partial charge in [-0.25, -0.2) is 9.97 Å². The van der Waals surface area contributed by atoms with Gasteiger partial charge in [0.1, 0.15) is 5.82 Å². The molecule has 2 unspecified atom stereocenters. The van der Waals surface area contributed by atoms with Crippen molar-refractivity contribution in [2.75, 3.05) is 10.6 Å². The molecule has 170 valence electrons. The lowest BCUT2D eigenvalue weighted by Gasteiger charge is -2.23. The number of nitrogens with one attached hydrogen (secondary N) is 2. The Morgan fingerprint density at radius 3 is 2.82 bits per heavy atom. The number of aromatic nitrogens is 3. The van der Waals surface area contributed by atoms with Gasteiger partial charge >= 0.3 is 0 Å². The Hall–Kier alpha value is -2.83. The van der Waals surface area contributed by atoms with E-state index in [2.05, 4.69) is 20.6 Å². The van der Waals surface area contributed by atoms with Crippen LogP contribution in [0.25, 0.3) is 11.0 Å². The van der Waals surface area contributed by atoms with E-state index < -0.39 is 0 Å². The minimum absolute atomic E-state index is 0.205. The number of carbonyl (C=O) groups excluding carboxylic acids is 1. The summed E-state index contributed by atoms with van der Waals surface area (Å²) in [6.07, 6.45) is 10.0. The van der Waals surface area contributed by atoms with Crippen molar-refractivity contribution in [3.63, 3.8) is 0 Å². The van der Waals surface area contributed by atoms with Gasteiger partial charge in [-0.1, -0.05) is 23.8 Å². The molecular weight excluding hydrogens is 457 g/mol. The Labute approximate surface area is 202 Å². The standard InChI is InChI=1S/C25H25Cl2N5O/c1-14-17-7-4-3-6-15(17)13-22(28-14)30-24(33)16-10-11-21-20(12-16)29-25(32(21)2)31-23-18(26)8-5-9-19(23)27/h5,8-13,18,23H,3-4,6-7H2,1-2H3,(H,29,31)(H,28,30,33). The van der Waals surface area contributed by atoms with Crippen molar-refractivity contribution in [3.8, 4) is 0 Å². The van der Waals surface area contributed by atoms with Crippen molar-refractivity contribution in [2.24, 2.45) is 7.05 Å². The van der Waals surface area contributed by atoms with Crippen LogP contribution in [-0.2, 0) is 19.9 Å². The van der Waals surface area contributed by atoms with E-state index in [-0.39, 0.29) is 17.3 Å². The van der Waals surface area contributed by atoms with Crippen LogP contribution in [0.3, 0.4) is 0 Å². The molecular formula is C25H25Cl2N5O. The Bertz CT molecular complexity index is 1310. The van der Waals surface area contributed by atoms with E-state index in [0.717, 1.165) is 24.1 Å². The van der Waals surface area contributed by atoms with Crippen LogP contribution in [0.4, 0.5) is 11.8 Å². The number of carbonyl (C=O) groups is 1. The third-order valence-electron chi connectivity index (χ3n) is 6.38. The third kappa shape index (κ3) is 4.25. The molecule has 6 nitrogen and oxygen atoms in total. The number of nitrogens with zero attached hydrogens (tertiary/aromatic N) is 3. The van der Waals surface area contributed by atoms with Gasteiger partial charge in [0, 0.05) is 23.3 Å². The number of rotatable bonds is 4. The lowest BCUT2D eigenvalue weighted by Crippen LogP contribution is -2.31. The Morgan fingerprint density at radius 1 is 1.18 bits per heavy atom. The zero-order valence-corrected chi connectivity index (χ0v) is 20.0. The molecule has 2 N–H and O–H groups in total. The Kier molecular flexibility index (Phi) is 5.89. The van der Waals surface area contributed by atoms with Gasteiger partial charge in [-0.15, -0.1) is 11.6 Å². The van der Waals surface area contributed by atoms with Crippen LogP contribution in [0.2, 0.25) is 0 Å². The highest BCUT2D eigenvalue weighted by atomic mass is 35.5. The quantitative estimate of drug-likeness (QED) is 0.483. The highest BCUT2D eigenvalue weighted by Gasteiger charge is 2.24. The fraction of sp³-hybridized carbons (Fsp3) is 0.320. The molecule has 0 radical (unpaired) electrons. The molecule has 2 aliphatic carbocycles. The number of imidazole rings is 1. The molecule has 0 aliphatic heterocycles. The number of alkyl halides is 1. The predicted molar refractivity (Wildman–Crippen MR) is 134 cm³/mol. The number of fused-ring (bicyclic) bond motifs is 2. The number of pyridine rings is 1. The molecule has 0 saturated heterocycles. The molecule has 1 aromatic carbocycles. The molecule has 2 heterocycles. The van der Waals surface area contributed by atoms with Crippen LogP contribution in [0.1, 0.15) is 40.0 Å². The Balaban J connectivity index is 1.38. The van der Waals surface area contributed by atoms with Crippen LogP contribution in [0.15, 0.2) is 47.5 Å². The van der Waals surface area contributed by atoms with Gasteiger partial charge in [0.2, 0.25) is 5.95 Å². The lowest BCUT2D eigenvalue weighted by atomic mass is 9.91. The van der Waals surface area contributed by atoms with Crippen molar-refractivity contribution in [1.29, 1.82) is 0 Å². The summed E-state index contributed by atoms with van der Waals surface area (Å²) in [5, 5.41) is 6.62. The molecule has 3 aromatic rings. The van der Waals surface area contributed by atoms with Gasteiger partial charge < -0.3 is 15.2 Å². The van der Waals surface area contributed by atoms with Gasteiger partial charge in [0.25, 0.3) is 5.91 Å². The second-order valence-corrected chi connectivity index (χ2v) is 9.53. The summed E-state index contributed by atoms with van der Waals surface area (Å²) in [6, 6.07) is 7.23. The summed E-state index contributed by atoms with van der Waals surface area (Å²) in [5.74, 6) is 1.03. The normalized spacial score (nSPS) is 19.8. The SMILES string of the molecule is Cc1nc(NC(=O)c2ccc3c(c2)nc(NC2C(Cl)=CC=CC2Cl)n3C)cc2c1CCCC2. The summed E-state index contributed by atoms with van der Waals surface area (Å²) < 4.78 is 1.93. The number of halogens is 2. The minimum atomic E-state index is -0.281.